The maximum Gasteiger partial charge on any atom is 0.104 e. The zero-order valence-electron chi connectivity index (χ0n) is 12.6. The minimum absolute atomic E-state index is 0.105. The molecule has 0 saturated heterocycles. The van der Waals surface area contributed by atoms with Gasteiger partial charge in [0.25, 0.3) is 0 Å². The summed E-state index contributed by atoms with van der Waals surface area (Å²) in [6.07, 6.45) is 4.96. The standard InChI is InChI=1S/C18H25NO/c1-3-12-19-15-18(4-2,14-17-11-8-13-20-17)16-9-6-5-7-10-16/h5-11,13,19H,3-4,12,14-15H2,1-2H3. The fourth-order valence-corrected chi connectivity index (χ4v) is 2.76. The summed E-state index contributed by atoms with van der Waals surface area (Å²) < 4.78 is 5.59. The van der Waals surface area contributed by atoms with Crippen molar-refractivity contribution in [2.75, 3.05) is 13.1 Å². The van der Waals surface area contributed by atoms with Crippen molar-refractivity contribution >= 4 is 0 Å². The van der Waals surface area contributed by atoms with Gasteiger partial charge >= 0.3 is 0 Å². The second-order valence-electron chi connectivity index (χ2n) is 5.43. The van der Waals surface area contributed by atoms with Crippen molar-refractivity contribution in [1.82, 2.24) is 5.32 Å². The second kappa shape index (κ2) is 7.30. The van der Waals surface area contributed by atoms with E-state index < -0.39 is 0 Å². The van der Waals surface area contributed by atoms with Crippen LogP contribution in [0, 0.1) is 0 Å². The lowest BCUT2D eigenvalue weighted by Crippen LogP contribution is -2.40. The lowest BCUT2D eigenvalue weighted by molar-refractivity contribution is 0.346. The smallest absolute Gasteiger partial charge is 0.104 e. The fourth-order valence-electron chi connectivity index (χ4n) is 2.76. The zero-order valence-corrected chi connectivity index (χ0v) is 12.6. The van der Waals surface area contributed by atoms with E-state index in [0.717, 1.165) is 38.1 Å². The quantitative estimate of drug-likeness (QED) is 0.729. The predicted octanol–water partition coefficient (Wildman–Crippen LogP) is 4.17. The van der Waals surface area contributed by atoms with Crippen molar-refractivity contribution in [2.45, 2.75) is 38.5 Å². The maximum atomic E-state index is 5.59. The molecule has 1 aromatic heterocycles. The van der Waals surface area contributed by atoms with Gasteiger partial charge in [0.05, 0.1) is 6.26 Å². The molecule has 108 valence electrons. The van der Waals surface area contributed by atoms with Gasteiger partial charge in [0.15, 0.2) is 0 Å². The van der Waals surface area contributed by atoms with E-state index in [4.69, 9.17) is 4.42 Å². The van der Waals surface area contributed by atoms with Crippen LogP contribution in [-0.2, 0) is 11.8 Å². The Labute approximate surface area is 122 Å². The number of furan rings is 1. The molecule has 0 radical (unpaired) electrons. The van der Waals surface area contributed by atoms with Crippen LogP contribution >= 0.6 is 0 Å². The minimum atomic E-state index is 0.105. The minimum Gasteiger partial charge on any atom is -0.469 e. The van der Waals surface area contributed by atoms with E-state index in [1.54, 1.807) is 6.26 Å². The number of rotatable bonds is 8. The summed E-state index contributed by atoms with van der Waals surface area (Å²) in [5, 5.41) is 3.60. The molecule has 2 rings (SSSR count). The molecule has 0 aliphatic heterocycles. The van der Waals surface area contributed by atoms with Crippen LogP contribution in [0.4, 0.5) is 0 Å². The average molecular weight is 271 g/mol. The van der Waals surface area contributed by atoms with Crippen LogP contribution in [0.15, 0.2) is 53.1 Å². The molecular weight excluding hydrogens is 246 g/mol. The highest BCUT2D eigenvalue weighted by Crippen LogP contribution is 2.31. The summed E-state index contributed by atoms with van der Waals surface area (Å²) in [5.41, 5.74) is 1.50. The SMILES string of the molecule is CCCNCC(CC)(Cc1ccco1)c1ccccc1. The molecule has 1 unspecified atom stereocenters. The number of hydrogen-bond donors (Lipinski definition) is 1. The van der Waals surface area contributed by atoms with Gasteiger partial charge in [-0.05, 0) is 37.1 Å². The van der Waals surface area contributed by atoms with Gasteiger partial charge in [-0.1, -0.05) is 44.2 Å². The van der Waals surface area contributed by atoms with Gasteiger partial charge < -0.3 is 9.73 Å². The van der Waals surface area contributed by atoms with Gasteiger partial charge in [-0.2, -0.15) is 0 Å². The van der Waals surface area contributed by atoms with E-state index in [9.17, 15) is 0 Å². The van der Waals surface area contributed by atoms with E-state index in [1.807, 2.05) is 6.07 Å². The Balaban J connectivity index is 2.25. The molecule has 2 aromatic rings. The van der Waals surface area contributed by atoms with Crippen molar-refractivity contribution < 1.29 is 4.42 Å². The van der Waals surface area contributed by atoms with E-state index in [1.165, 1.54) is 5.56 Å². The van der Waals surface area contributed by atoms with Crippen molar-refractivity contribution in [3.63, 3.8) is 0 Å². The Bertz CT molecular complexity index is 477. The fraction of sp³-hybridized carbons (Fsp3) is 0.444. The first-order valence-electron chi connectivity index (χ1n) is 7.59. The summed E-state index contributed by atoms with van der Waals surface area (Å²) in [7, 11) is 0. The van der Waals surface area contributed by atoms with Gasteiger partial charge in [0.1, 0.15) is 5.76 Å². The summed E-state index contributed by atoms with van der Waals surface area (Å²) in [6.45, 7) is 6.52. The maximum absolute atomic E-state index is 5.59. The summed E-state index contributed by atoms with van der Waals surface area (Å²) in [6, 6.07) is 14.9. The highest BCUT2D eigenvalue weighted by Gasteiger charge is 2.31. The molecule has 0 saturated carbocycles. The van der Waals surface area contributed by atoms with E-state index >= 15 is 0 Å². The molecule has 0 amide bonds. The molecule has 0 aliphatic rings. The first kappa shape index (κ1) is 14.9. The Kier molecular flexibility index (Phi) is 5.42. The van der Waals surface area contributed by atoms with Crippen molar-refractivity contribution in [3.8, 4) is 0 Å². The Morgan fingerprint density at radius 2 is 1.85 bits per heavy atom. The first-order valence-corrected chi connectivity index (χ1v) is 7.59. The van der Waals surface area contributed by atoms with E-state index in [2.05, 4.69) is 55.6 Å². The van der Waals surface area contributed by atoms with Gasteiger partial charge in [-0.3, -0.25) is 0 Å². The van der Waals surface area contributed by atoms with Crippen molar-refractivity contribution in [1.29, 1.82) is 0 Å². The summed E-state index contributed by atoms with van der Waals surface area (Å²) >= 11 is 0. The van der Waals surface area contributed by atoms with Gasteiger partial charge in [-0.25, -0.2) is 0 Å². The molecule has 1 N–H and O–H groups in total. The third kappa shape index (κ3) is 3.51. The predicted molar refractivity (Wildman–Crippen MR) is 84.0 cm³/mol. The molecule has 0 aliphatic carbocycles. The average Bonchev–Trinajstić information content (AvgIpc) is 3.00. The molecular formula is C18H25NO. The van der Waals surface area contributed by atoms with Crippen LogP contribution in [0.3, 0.4) is 0 Å². The molecule has 2 heteroatoms. The topological polar surface area (TPSA) is 25.2 Å². The van der Waals surface area contributed by atoms with Crippen LogP contribution in [0.25, 0.3) is 0 Å². The first-order chi connectivity index (χ1) is 9.80. The highest BCUT2D eigenvalue weighted by molar-refractivity contribution is 5.28. The number of hydrogen-bond acceptors (Lipinski definition) is 2. The number of benzene rings is 1. The monoisotopic (exact) mass is 271 g/mol. The largest absolute Gasteiger partial charge is 0.469 e. The number of nitrogens with one attached hydrogen (secondary N) is 1. The summed E-state index contributed by atoms with van der Waals surface area (Å²) in [4.78, 5) is 0. The van der Waals surface area contributed by atoms with Crippen LogP contribution in [-0.4, -0.2) is 13.1 Å². The van der Waals surface area contributed by atoms with Gasteiger partial charge in [0.2, 0.25) is 0 Å². The van der Waals surface area contributed by atoms with Gasteiger partial charge in [-0.15, -0.1) is 0 Å². The molecule has 0 spiro atoms. The third-order valence-corrected chi connectivity index (χ3v) is 4.05. The Hall–Kier alpha value is -1.54. The van der Waals surface area contributed by atoms with Crippen molar-refractivity contribution in [2.24, 2.45) is 0 Å². The van der Waals surface area contributed by atoms with E-state index in [-0.39, 0.29) is 5.41 Å². The molecule has 0 bridgehead atoms. The third-order valence-electron chi connectivity index (χ3n) is 4.05. The lowest BCUT2D eigenvalue weighted by Gasteiger charge is -2.33. The van der Waals surface area contributed by atoms with Crippen molar-refractivity contribution in [3.05, 3.63) is 60.1 Å². The molecule has 0 fully saturated rings. The molecule has 1 heterocycles. The lowest BCUT2D eigenvalue weighted by atomic mass is 9.74. The van der Waals surface area contributed by atoms with E-state index in [0.29, 0.717) is 0 Å². The van der Waals surface area contributed by atoms with Gasteiger partial charge in [0, 0.05) is 18.4 Å². The molecule has 20 heavy (non-hydrogen) atoms. The van der Waals surface area contributed by atoms with Crippen LogP contribution < -0.4 is 5.32 Å². The highest BCUT2D eigenvalue weighted by atomic mass is 16.3. The van der Waals surface area contributed by atoms with Crippen LogP contribution in [0.5, 0.6) is 0 Å². The van der Waals surface area contributed by atoms with Crippen LogP contribution in [0.2, 0.25) is 0 Å². The molecule has 1 aromatic carbocycles. The Morgan fingerprint density at radius 3 is 2.45 bits per heavy atom. The molecule has 2 nitrogen and oxygen atoms in total. The molecule has 1 atom stereocenters. The Morgan fingerprint density at radius 1 is 1.05 bits per heavy atom. The second-order valence-corrected chi connectivity index (χ2v) is 5.43. The normalized spacial score (nSPS) is 14.1. The van der Waals surface area contributed by atoms with Crippen LogP contribution in [0.1, 0.15) is 38.0 Å². The summed E-state index contributed by atoms with van der Waals surface area (Å²) in [5.74, 6) is 1.06. The zero-order chi connectivity index (χ0) is 14.3.